The molecule has 31 heavy (non-hydrogen) atoms. The summed E-state index contributed by atoms with van der Waals surface area (Å²) in [7, 11) is 0. The molecule has 2 aromatic carbocycles. The first kappa shape index (κ1) is 19.3. The van der Waals surface area contributed by atoms with Gasteiger partial charge in [0.15, 0.2) is 5.11 Å². The highest BCUT2D eigenvalue weighted by atomic mass is 32.1. The van der Waals surface area contributed by atoms with Gasteiger partial charge < -0.3 is 19.4 Å². The third-order valence-electron chi connectivity index (χ3n) is 5.30. The maximum atomic E-state index is 5.97. The Kier molecular flexibility index (Phi) is 5.14. The third-order valence-corrected chi connectivity index (χ3v) is 5.62. The lowest BCUT2D eigenvalue weighted by atomic mass is 10.0. The average molecular weight is 428 g/mol. The van der Waals surface area contributed by atoms with Crippen LogP contribution in [-0.4, -0.2) is 10.1 Å². The number of hydrogen-bond acceptors (Lipinski definition) is 4. The van der Waals surface area contributed by atoms with E-state index in [1.54, 1.807) is 12.5 Å². The Morgan fingerprint density at radius 1 is 0.935 bits per heavy atom. The minimum absolute atomic E-state index is 0.122. The highest BCUT2D eigenvalue weighted by molar-refractivity contribution is 7.80. The van der Waals surface area contributed by atoms with Gasteiger partial charge >= 0.3 is 0 Å². The number of furan rings is 1. The number of ether oxygens (including phenoxy) is 1. The van der Waals surface area contributed by atoms with Crippen molar-refractivity contribution in [3.8, 4) is 11.5 Å². The maximum absolute atomic E-state index is 5.97. The molecule has 2 atom stereocenters. The van der Waals surface area contributed by atoms with E-state index in [9.17, 15) is 0 Å². The van der Waals surface area contributed by atoms with E-state index in [0.29, 0.717) is 5.11 Å². The molecule has 2 aromatic heterocycles. The molecule has 154 valence electrons. The number of pyridine rings is 1. The molecule has 0 spiro atoms. The molecule has 4 aromatic rings. The second-order valence-electron chi connectivity index (χ2n) is 7.42. The molecule has 0 aliphatic carbocycles. The van der Waals surface area contributed by atoms with Crippen LogP contribution in [0.2, 0.25) is 0 Å². The molecule has 0 bridgehead atoms. The highest BCUT2D eigenvalue weighted by Gasteiger charge is 2.42. The quantitative estimate of drug-likeness (QED) is 0.397. The number of anilines is 1. The smallest absolute Gasteiger partial charge is 0.174 e. The van der Waals surface area contributed by atoms with Gasteiger partial charge in [-0.3, -0.25) is 4.98 Å². The van der Waals surface area contributed by atoms with Crippen LogP contribution in [0, 0.1) is 6.92 Å². The van der Waals surface area contributed by atoms with Gasteiger partial charge in [-0.2, -0.15) is 0 Å². The van der Waals surface area contributed by atoms with Crippen LogP contribution in [0.5, 0.6) is 11.5 Å². The lowest BCUT2D eigenvalue weighted by Gasteiger charge is -2.26. The molecular formula is C25H21N3O2S. The zero-order valence-corrected chi connectivity index (χ0v) is 17.8. The number of benzene rings is 2. The molecule has 5 rings (SSSR count). The molecule has 1 saturated heterocycles. The Labute approximate surface area is 186 Å². The fourth-order valence-corrected chi connectivity index (χ4v) is 4.14. The summed E-state index contributed by atoms with van der Waals surface area (Å²) < 4.78 is 11.8. The minimum Gasteiger partial charge on any atom is -0.467 e. The molecule has 1 N–H and O–H groups in total. The van der Waals surface area contributed by atoms with Crippen molar-refractivity contribution >= 4 is 23.0 Å². The van der Waals surface area contributed by atoms with Crippen molar-refractivity contribution < 1.29 is 9.15 Å². The Bertz CT molecular complexity index is 1160. The third kappa shape index (κ3) is 3.90. The van der Waals surface area contributed by atoms with Crippen molar-refractivity contribution in [2.45, 2.75) is 19.0 Å². The summed E-state index contributed by atoms with van der Waals surface area (Å²) in [6, 6.07) is 25.4. The minimum atomic E-state index is -0.152. The molecule has 1 aliphatic rings. The molecule has 0 radical (unpaired) electrons. The first-order chi connectivity index (χ1) is 15.2. The highest BCUT2D eigenvalue weighted by Crippen LogP contribution is 2.42. The van der Waals surface area contributed by atoms with E-state index in [0.717, 1.165) is 28.6 Å². The van der Waals surface area contributed by atoms with Crippen molar-refractivity contribution in [3.05, 3.63) is 108 Å². The summed E-state index contributed by atoms with van der Waals surface area (Å²) >= 11 is 5.71. The van der Waals surface area contributed by atoms with Crippen molar-refractivity contribution in [1.29, 1.82) is 0 Å². The number of hydrogen-bond donors (Lipinski definition) is 1. The summed E-state index contributed by atoms with van der Waals surface area (Å²) in [6.07, 6.45) is 3.47. The average Bonchev–Trinajstić information content (AvgIpc) is 3.44. The second-order valence-corrected chi connectivity index (χ2v) is 7.81. The molecule has 2 unspecified atom stereocenters. The fourth-order valence-electron chi connectivity index (χ4n) is 3.80. The van der Waals surface area contributed by atoms with Crippen LogP contribution < -0.4 is 15.0 Å². The van der Waals surface area contributed by atoms with Crippen molar-refractivity contribution in [3.63, 3.8) is 0 Å². The van der Waals surface area contributed by atoms with E-state index in [1.807, 2.05) is 78.9 Å². The van der Waals surface area contributed by atoms with Crippen LogP contribution in [0.15, 0.2) is 95.7 Å². The number of nitrogens with one attached hydrogen (secondary N) is 1. The second kappa shape index (κ2) is 8.24. The zero-order chi connectivity index (χ0) is 21.2. The summed E-state index contributed by atoms with van der Waals surface area (Å²) in [5.74, 6) is 2.39. The first-order valence-electron chi connectivity index (χ1n) is 10.1. The number of aromatic nitrogens is 1. The van der Waals surface area contributed by atoms with Crippen molar-refractivity contribution in [2.24, 2.45) is 0 Å². The predicted molar refractivity (Wildman–Crippen MR) is 124 cm³/mol. The normalized spacial score (nSPS) is 18.1. The Balaban J connectivity index is 1.45. The molecular weight excluding hydrogens is 406 g/mol. The van der Waals surface area contributed by atoms with Crippen molar-refractivity contribution in [2.75, 3.05) is 4.90 Å². The molecule has 0 saturated carbocycles. The van der Waals surface area contributed by atoms with Crippen LogP contribution in [-0.2, 0) is 0 Å². The van der Waals surface area contributed by atoms with Crippen molar-refractivity contribution in [1.82, 2.24) is 10.3 Å². The number of aryl methyl sites for hydroxylation is 1. The Hall–Kier alpha value is -3.64. The standard InChI is InChI=1S/C25H21N3O2S/c1-17-7-11-19(12-8-17)30-20-13-9-18(10-14-20)28-24(22-6-4-16-29-22)23(27-25(28)31)21-5-2-3-15-26-21/h2-16,23-24H,1H3,(H,27,31). The zero-order valence-electron chi connectivity index (χ0n) is 16.9. The van der Waals surface area contributed by atoms with Crippen LogP contribution in [0.3, 0.4) is 0 Å². The maximum Gasteiger partial charge on any atom is 0.174 e. The van der Waals surface area contributed by atoms with E-state index in [1.165, 1.54) is 5.56 Å². The van der Waals surface area contributed by atoms with E-state index >= 15 is 0 Å². The van der Waals surface area contributed by atoms with Gasteiger partial charge in [-0.25, -0.2) is 0 Å². The lowest BCUT2D eigenvalue weighted by molar-refractivity contribution is 0.432. The molecule has 5 nitrogen and oxygen atoms in total. The van der Waals surface area contributed by atoms with E-state index < -0.39 is 0 Å². The molecule has 3 heterocycles. The fraction of sp³-hybridized carbons (Fsp3) is 0.120. The molecule has 0 amide bonds. The van der Waals surface area contributed by atoms with Crippen LogP contribution >= 0.6 is 12.2 Å². The summed E-state index contributed by atoms with van der Waals surface area (Å²) in [4.78, 5) is 6.61. The monoisotopic (exact) mass is 427 g/mol. The van der Waals surface area contributed by atoms with Gasteiger partial charge in [0.25, 0.3) is 0 Å². The topological polar surface area (TPSA) is 50.5 Å². The summed E-state index contributed by atoms with van der Waals surface area (Å²) in [6.45, 7) is 2.05. The largest absolute Gasteiger partial charge is 0.467 e. The predicted octanol–water partition coefficient (Wildman–Crippen LogP) is 5.95. The van der Waals surface area contributed by atoms with Gasteiger partial charge in [0.2, 0.25) is 0 Å². The molecule has 1 fully saturated rings. The van der Waals surface area contributed by atoms with Crippen LogP contribution in [0.4, 0.5) is 5.69 Å². The number of rotatable bonds is 5. The van der Waals surface area contributed by atoms with E-state index in [4.69, 9.17) is 21.4 Å². The van der Waals surface area contributed by atoms with Gasteiger partial charge in [0.1, 0.15) is 23.3 Å². The van der Waals surface area contributed by atoms with Gasteiger partial charge in [-0.05, 0) is 79.8 Å². The lowest BCUT2D eigenvalue weighted by Crippen LogP contribution is -2.29. The number of thiocarbonyl (C=S) groups is 1. The summed E-state index contributed by atoms with van der Waals surface area (Å²) in [5.41, 5.74) is 3.06. The SMILES string of the molecule is Cc1ccc(Oc2ccc(N3C(=S)NC(c4ccccn4)C3c3ccco3)cc2)cc1. The number of nitrogens with zero attached hydrogens (tertiary/aromatic N) is 2. The van der Waals surface area contributed by atoms with Gasteiger partial charge in [-0.1, -0.05) is 23.8 Å². The van der Waals surface area contributed by atoms with E-state index in [2.05, 4.69) is 22.1 Å². The summed E-state index contributed by atoms with van der Waals surface area (Å²) in [5, 5.41) is 4.05. The van der Waals surface area contributed by atoms with Crippen LogP contribution in [0.1, 0.15) is 29.1 Å². The Morgan fingerprint density at radius 2 is 1.68 bits per heavy atom. The molecule has 1 aliphatic heterocycles. The molecule has 6 heteroatoms. The van der Waals surface area contributed by atoms with Gasteiger partial charge in [-0.15, -0.1) is 0 Å². The van der Waals surface area contributed by atoms with Crippen LogP contribution in [0.25, 0.3) is 0 Å². The van der Waals surface area contributed by atoms with Gasteiger partial charge in [0.05, 0.1) is 18.0 Å². The van der Waals surface area contributed by atoms with Gasteiger partial charge in [0, 0.05) is 11.9 Å². The first-order valence-corrected chi connectivity index (χ1v) is 10.5. The van der Waals surface area contributed by atoms with E-state index in [-0.39, 0.29) is 12.1 Å². The Morgan fingerprint density at radius 3 is 2.32 bits per heavy atom.